The fraction of sp³-hybridized carbons (Fsp3) is 1.00. The third-order valence-corrected chi connectivity index (χ3v) is 99.3. The van der Waals surface area contributed by atoms with Crippen molar-refractivity contribution in [2.45, 2.75) is 240 Å². The van der Waals surface area contributed by atoms with Crippen LogP contribution in [0.4, 0.5) is 0 Å². The maximum absolute atomic E-state index is 11.4. The zero-order chi connectivity index (χ0) is 59.1. The van der Waals surface area contributed by atoms with Crippen LogP contribution in [0.2, 0.25) is 157 Å². The van der Waals surface area contributed by atoms with Crippen molar-refractivity contribution in [3.8, 4) is 0 Å². The monoisotopic (exact) mass is 1670 g/mol. The molecule has 0 N–H and O–H groups in total. The SMILES string of the molecule is CC[PH+](CC)CC.CC[PH+](CC)CC.CC[PH+](CC)CC.CC[PH+](CC)CC.C[Si](C)(C)[N]([Ge]([O][S+]=O)[N]([Si](C)(C)C)[Si](C)(C)C)[Si](C)(C)C.C[Si](C)(C)[N]([Ge]([O][S+]=O)[N]([Si](C)(C)C)[Si](C)(C)C)[Si](C)(C)C.[Pd].[Pd].[SH-].[SH-]. The number of thiol groups is 2. The topological polar surface area (TPSA) is 65.6 Å². The fourth-order valence-electron chi connectivity index (χ4n) is 9.73. The van der Waals surface area contributed by atoms with Crippen LogP contribution in [-0.4, -0.2) is 183 Å². The maximum atomic E-state index is 11.4. The second kappa shape index (κ2) is 52.2. The first-order valence-corrected chi connectivity index (χ1v) is 71.3. The van der Waals surface area contributed by atoms with E-state index in [1.165, 1.54) is 73.9 Å². The molecule has 0 unspecified atom stereocenters. The van der Waals surface area contributed by atoms with E-state index in [9.17, 15) is 8.42 Å². The smallest absolute Gasteiger partial charge is 0 e. The summed E-state index contributed by atoms with van der Waals surface area (Å²) in [6.07, 6.45) is 17.5. The second-order valence-corrected chi connectivity index (χ2v) is 97.7. The zero-order valence-corrected chi connectivity index (χ0v) is 80.0. The Morgan fingerprint density at radius 2 is 0.368 bits per heavy atom. The summed E-state index contributed by atoms with van der Waals surface area (Å²) in [7, 11) is -11.8. The summed E-state index contributed by atoms with van der Waals surface area (Å²) in [5.41, 5.74) is 0. The van der Waals surface area contributed by atoms with Crippen molar-refractivity contribution in [1.82, 2.24) is 12.8 Å². The fourth-order valence-corrected chi connectivity index (χ4v) is 98.3. The Bertz CT molecular complexity index is 1080. The largest absolute Gasteiger partial charge is 0.813 e. The van der Waals surface area contributed by atoms with E-state index in [1.807, 2.05) is 0 Å². The molecule has 0 rings (SSSR count). The summed E-state index contributed by atoms with van der Waals surface area (Å²) in [5.74, 6) is 0. The van der Waals surface area contributed by atoms with Gasteiger partial charge in [0.25, 0.3) is 0 Å². The molecular weight excluding hydrogens is 1530 g/mol. The van der Waals surface area contributed by atoms with Crippen LogP contribution in [0.1, 0.15) is 83.1 Å². The van der Waals surface area contributed by atoms with E-state index < -0.39 is 96.1 Å². The summed E-state index contributed by atoms with van der Waals surface area (Å²) in [6.45, 7) is 85.4. The number of hydrogen-bond donors (Lipinski definition) is 0. The van der Waals surface area contributed by atoms with Crippen LogP contribution >= 0.6 is 31.7 Å². The van der Waals surface area contributed by atoms with Crippen LogP contribution < -0.4 is 0 Å². The molecule has 0 bridgehead atoms. The summed E-state index contributed by atoms with van der Waals surface area (Å²) in [5, 5.41) is 0. The van der Waals surface area contributed by atoms with Gasteiger partial charge in [-0.3, -0.25) is 0 Å². The molecule has 0 aromatic rings. The standard InChI is InChI=1S/2C12H36GeN2O2SSi4.4C6H15P.2Pd.2H2S/c2*1-19(2,3)14(20(4,5)6)13(17-18-16)15(21(7,8)9)22(10,11)12;4*1-4-7(5-2)6-3;;;;/h2*1-12H3;4*4-6H2,1-3H3;;;2*1H2/q2*+1;;;;;;;;/p+2. The molecule has 0 aromatic heterocycles. The second-order valence-electron chi connectivity index (χ2n) is 26.8. The van der Waals surface area contributed by atoms with Crippen molar-refractivity contribution in [1.29, 1.82) is 0 Å². The minimum Gasteiger partial charge on any atom is -0.813 e. The average Bonchev–Trinajstić information content (AvgIpc) is 3.18. The third kappa shape index (κ3) is 50.3. The molecule has 2 radical (unpaired) electrons. The van der Waals surface area contributed by atoms with E-state index >= 15 is 0 Å². The van der Waals surface area contributed by atoms with E-state index in [1.54, 1.807) is 0 Å². The van der Waals surface area contributed by atoms with E-state index in [2.05, 4.69) is 253 Å². The van der Waals surface area contributed by atoms with Crippen molar-refractivity contribution in [3.05, 3.63) is 0 Å². The van der Waals surface area contributed by atoms with Gasteiger partial charge in [-0.2, -0.15) is 0 Å². The predicted octanol–water partition coefficient (Wildman–Crippen LogP) is 17.0. The molecule has 474 valence electrons. The predicted molar refractivity (Wildman–Crippen MR) is 401 cm³/mol. The van der Waals surface area contributed by atoms with Crippen LogP contribution in [0.3, 0.4) is 0 Å². The molecule has 0 saturated heterocycles. The van der Waals surface area contributed by atoms with E-state index in [-0.39, 0.29) is 99.5 Å². The van der Waals surface area contributed by atoms with Gasteiger partial charge in [0, 0.05) is 40.8 Å². The number of nitrogens with zero attached hydrogens (tertiary/aromatic N) is 4. The van der Waals surface area contributed by atoms with Gasteiger partial charge in [0.1, 0.15) is 0 Å². The summed E-state index contributed by atoms with van der Waals surface area (Å²) >= 11 is -3.77. The van der Waals surface area contributed by atoms with Crippen LogP contribution in [0.5, 0.6) is 0 Å². The molecular formula is C48H138Ge2N4O4P4Pd2S4Si8+4. The van der Waals surface area contributed by atoms with Gasteiger partial charge in [0.15, 0.2) is 0 Å². The Hall–Kier alpha value is 6.37. The summed E-state index contributed by atoms with van der Waals surface area (Å²) < 4.78 is 46.0. The molecule has 0 aliphatic rings. The molecule has 0 aromatic carbocycles. The Morgan fingerprint density at radius 1 is 0.276 bits per heavy atom. The van der Waals surface area contributed by atoms with Crippen LogP contribution in [0, 0.1) is 0 Å². The van der Waals surface area contributed by atoms with E-state index in [0.29, 0.717) is 23.9 Å². The zero-order valence-electron chi connectivity index (χ0n) is 57.3. The molecule has 0 fully saturated rings. The molecule has 0 saturated carbocycles. The molecule has 0 aliphatic carbocycles. The number of hydrogen-bond acceptors (Lipinski definition) is 10. The van der Waals surface area contributed by atoms with Crippen molar-refractivity contribution in [3.63, 3.8) is 0 Å². The molecule has 0 atom stereocenters. The molecule has 0 amide bonds. The van der Waals surface area contributed by atoms with Crippen LogP contribution in [0.15, 0.2) is 0 Å². The quantitative estimate of drug-likeness (QED) is 0.0189. The molecule has 0 aliphatic heterocycles. The van der Waals surface area contributed by atoms with Gasteiger partial charge in [-0.15, -0.1) is 0 Å². The maximum Gasteiger partial charge on any atom is 0 e. The van der Waals surface area contributed by atoms with Gasteiger partial charge < -0.3 is 27.0 Å². The first kappa shape index (κ1) is 104. The average molecular weight is 1670 g/mol. The number of rotatable bonds is 28. The molecule has 0 heterocycles. The Morgan fingerprint density at radius 3 is 0.408 bits per heavy atom. The van der Waals surface area contributed by atoms with E-state index in [4.69, 9.17) is 6.42 Å². The Kier molecular flexibility index (Phi) is 71.5. The van der Waals surface area contributed by atoms with Crippen LogP contribution in [-0.2, 0) is 107 Å². The van der Waals surface area contributed by atoms with Gasteiger partial charge in [-0.1, -0.05) is 0 Å². The van der Waals surface area contributed by atoms with Crippen molar-refractivity contribution in [2.24, 2.45) is 0 Å². The van der Waals surface area contributed by atoms with Crippen molar-refractivity contribution in [2.75, 3.05) is 73.9 Å². The minimum absolute atomic E-state index is 0. The molecule has 28 heteroatoms. The normalized spacial score (nSPS) is 12.5. The molecule has 0 spiro atoms. The molecule has 8 nitrogen and oxygen atoms in total. The van der Waals surface area contributed by atoms with Gasteiger partial charge in [-0.05, 0) is 115 Å². The van der Waals surface area contributed by atoms with Gasteiger partial charge in [0.05, 0.1) is 73.9 Å². The summed E-state index contributed by atoms with van der Waals surface area (Å²) in [4.78, 5) is 0. The first-order valence-electron chi connectivity index (χ1n) is 28.5. The Balaban J connectivity index is -0.0000000929. The Labute approximate surface area is 554 Å². The summed E-state index contributed by atoms with van der Waals surface area (Å²) in [6, 6.07) is 0. The first-order chi connectivity index (χ1) is 32.3. The van der Waals surface area contributed by atoms with Crippen LogP contribution in [0.25, 0.3) is 0 Å². The minimum atomic E-state index is -2.25. The van der Waals surface area contributed by atoms with E-state index in [0.717, 1.165) is 0 Å². The van der Waals surface area contributed by atoms with Gasteiger partial charge in [-0.25, -0.2) is 0 Å². The molecule has 76 heavy (non-hydrogen) atoms. The van der Waals surface area contributed by atoms with Gasteiger partial charge >= 0.3 is 305 Å². The third-order valence-electron chi connectivity index (χ3n) is 12.3. The van der Waals surface area contributed by atoms with Crippen molar-refractivity contribution < 1.29 is 55.7 Å². The van der Waals surface area contributed by atoms with Crippen molar-refractivity contribution >= 4 is 179 Å². The van der Waals surface area contributed by atoms with Gasteiger partial charge in [0.2, 0.25) is 0 Å².